The van der Waals surface area contributed by atoms with Crippen LogP contribution in [-0.4, -0.2) is 36.2 Å². The number of nitrogens with zero attached hydrogens (tertiary/aromatic N) is 3. The van der Waals surface area contributed by atoms with Crippen molar-refractivity contribution in [2.45, 2.75) is 19.8 Å². The standard InChI is InChI=1S/C29H23FN6O2/c1-2-4-27(38)33-20-8-17(13-31-15-20)18-10-24-28(35-36-29(24)32-14-18)26-12-23-22(5-3-6-25(23)34-26)16-7-19(30)11-21(37)9-16/h3,5-15,34,37H,2,4H2,1H3,(H,33,38)(H,32,35,36). The zero-order chi connectivity index (χ0) is 26.2. The van der Waals surface area contributed by atoms with Crippen LogP contribution in [0.15, 0.2) is 73.2 Å². The molecule has 0 spiro atoms. The lowest BCUT2D eigenvalue weighted by Gasteiger charge is -2.07. The summed E-state index contributed by atoms with van der Waals surface area (Å²) in [4.78, 5) is 24.3. The lowest BCUT2D eigenvalue weighted by atomic mass is 10.0. The van der Waals surface area contributed by atoms with Crippen LogP contribution < -0.4 is 5.32 Å². The molecule has 0 saturated carbocycles. The SMILES string of the molecule is CCCC(=O)Nc1cncc(-c2cnc3[nH]nc(-c4cc5c(-c6cc(O)cc(F)c6)cccc5[nH]4)c3c2)c1. The summed E-state index contributed by atoms with van der Waals surface area (Å²) in [6, 6.07) is 15.5. The Morgan fingerprint density at radius 2 is 1.87 bits per heavy atom. The predicted octanol–water partition coefficient (Wildman–Crippen LogP) is 6.42. The normalized spacial score (nSPS) is 11.3. The minimum absolute atomic E-state index is 0.0521. The molecule has 0 unspecified atom stereocenters. The van der Waals surface area contributed by atoms with Crippen LogP contribution in [0.25, 0.3) is 55.6 Å². The number of H-pyrrole nitrogens is 2. The van der Waals surface area contributed by atoms with E-state index in [-0.39, 0.29) is 11.7 Å². The first-order valence-corrected chi connectivity index (χ1v) is 12.2. The van der Waals surface area contributed by atoms with Crippen molar-refractivity contribution in [3.05, 3.63) is 79.0 Å². The van der Waals surface area contributed by atoms with E-state index in [1.54, 1.807) is 18.6 Å². The van der Waals surface area contributed by atoms with Gasteiger partial charge in [-0.05, 0) is 53.9 Å². The van der Waals surface area contributed by atoms with Gasteiger partial charge in [-0.25, -0.2) is 9.37 Å². The summed E-state index contributed by atoms with van der Waals surface area (Å²) in [7, 11) is 0. The van der Waals surface area contributed by atoms with Gasteiger partial charge in [-0.15, -0.1) is 0 Å². The average Bonchev–Trinajstić information content (AvgIpc) is 3.52. The molecule has 38 heavy (non-hydrogen) atoms. The highest BCUT2D eigenvalue weighted by Crippen LogP contribution is 2.36. The molecule has 6 rings (SSSR count). The Morgan fingerprint density at radius 1 is 1.00 bits per heavy atom. The molecular weight excluding hydrogens is 483 g/mol. The van der Waals surface area contributed by atoms with Crippen molar-refractivity contribution >= 4 is 33.5 Å². The number of aromatic hydroxyl groups is 1. The topological polar surface area (TPSA) is 120 Å². The Hall–Kier alpha value is -5.05. The summed E-state index contributed by atoms with van der Waals surface area (Å²) in [6.07, 6.45) is 6.29. The van der Waals surface area contributed by atoms with Crippen molar-refractivity contribution in [1.29, 1.82) is 0 Å². The van der Waals surface area contributed by atoms with Crippen LogP contribution in [0.3, 0.4) is 0 Å². The highest BCUT2D eigenvalue weighted by Gasteiger charge is 2.16. The number of rotatable bonds is 6. The number of pyridine rings is 2. The van der Waals surface area contributed by atoms with Crippen molar-refractivity contribution in [3.8, 4) is 39.4 Å². The van der Waals surface area contributed by atoms with E-state index in [1.165, 1.54) is 12.1 Å². The molecule has 6 aromatic rings. The number of hydrogen-bond acceptors (Lipinski definition) is 5. The van der Waals surface area contributed by atoms with Crippen LogP contribution in [0.4, 0.5) is 10.1 Å². The van der Waals surface area contributed by atoms with Crippen molar-refractivity contribution in [2.75, 3.05) is 5.32 Å². The summed E-state index contributed by atoms with van der Waals surface area (Å²) < 4.78 is 14.0. The molecule has 8 nitrogen and oxygen atoms in total. The summed E-state index contributed by atoms with van der Waals surface area (Å²) in [6.45, 7) is 1.96. The molecule has 2 aromatic carbocycles. The molecule has 0 aliphatic rings. The summed E-state index contributed by atoms with van der Waals surface area (Å²) in [5, 5.41) is 22.0. The van der Waals surface area contributed by atoms with Crippen LogP contribution in [0.1, 0.15) is 19.8 Å². The number of phenols is 1. The molecule has 4 aromatic heterocycles. The van der Waals surface area contributed by atoms with Gasteiger partial charge in [0, 0.05) is 52.3 Å². The Bertz CT molecular complexity index is 1800. The molecule has 0 radical (unpaired) electrons. The van der Waals surface area contributed by atoms with E-state index in [0.29, 0.717) is 29.0 Å². The second kappa shape index (κ2) is 9.44. The van der Waals surface area contributed by atoms with E-state index in [2.05, 4.69) is 30.5 Å². The highest BCUT2D eigenvalue weighted by molar-refractivity contribution is 6.01. The maximum Gasteiger partial charge on any atom is 0.224 e. The number of nitrogens with one attached hydrogen (secondary N) is 3. The van der Waals surface area contributed by atoms with Gasteiger partial charge in [0.25, 0.3) is 0 Å². The third kappa shape index (κ3) is 4.34. The maximum absolute atomic E-state index is 14.0. The van der Waals surface area contributed by atoms with Crippen molar-refractivity contribution in [1.82, 2.24) is 25.1 Å². The lowest BCUT2D eigenvalue weighted by Crippen LogP contribution is -2.10. The molecule has 0 aliphatic heterocycles. The second-order valence-electron chi connectivity index (χ2n) is 9.10. The van der Waals surface area contributed by atoms with Crippen molar-refractivity contribution < 1.29 is 14.3 Å². The smallest absolute Gasteiger partial charge is 0.224 e. The molecule has 0 aliphatic carbocycles. The minimum atomic E-state index is -0.506. The lowest BCUT2D eigenvalue weighted by molar-refractivity contribution is -0.116. The molecule has 4 N–H and O–H groups in total. The van der Waals surface area contributed by atoms with Crippen LogP contribution >= 0.6 is 0 Å². The van der Waals surface area contributed by atoms with Gasteiger partial charge in [0.05, 0.1) is 17.6 Å². The Labute approximate surface area is 216 Å². The van der Waals surface area contributed by atoms with Gasteiger partial charge >= 0.3 is 0 Å². The zero-order valence-electron chi connectivity index (χ0n) is 20.4. The fraction of sp³-hybridized carbons (Fsp3) is 0.103. The molecule has 0 bridgehead atoms. The first-order chi connectivity index (χ1) is 18.5. The summed E-state index contributed by atoms with van der Waals surface area (Å²) in [5.74, 6) is -0.690. The van der Waals surface area contributed by atoms with E-state index in [1.807, 2.05) is 43.3 Å². The van der Waals surface area contributed by atoms with Gasteiger partial charge in [-0.1, -0.05) is 19.1 Å². The largest absolute Gasteiger partial charge is 0.508 e. The number of carbonyl (C=O) groups is 1. The number of phenolic OH excluding ortho intramolecular Hbond substituents is 1. The van der Waals surface area contributed by atoms with Crippen LogP contribution in [0.2, 0.25) is 0 Å². The Morgan fingerprint density at radius 3 is 2.71 bits per heavy atom. The quantitative estimate of drug-likeness (QED) is 0.208. The van der Waals surface area contributed by atoms with Crippen molar-refractivity contribution in [3.63, 3.8) is 0 Å². The molecule has 1 amide bonds. The van der Waals surface area contributed by atoms with Crippen LogP contribution in [0, 0.1) is 5.82 Å². The van der Waals surface area contributed by atoms with Gasteiger partial charge < -0.3 is 15.4 Å². The number of hydrogen-bond donors (Lipinski definition) is 4. The number of benzene rings is 2. The number of carbonyl (C=O) groups excluding carboxylic acids is 1. The predicted molar refractivity (Wildman–Crippen MR) is 145 cm³/mol. The average molecular weight is 507 g/mol. The number of fused-ring (bicyclic) bond motifs is 2. The van der Waals surface area contributed by atoms with Gasteiger partial charge in [-0.3, -0.25) is 14.9 Å². The highest BCUT2D eigenvalue weighted by atomic mass is 19.1. The number of amides is 1. The second-order valence-corrected chi connectivity index (χ2v) is 9.10. The van der Waals surface area contributed by atoms with Crippen LogP contribution in [-0.2, 0) is 4.79 Å². The molecule has 4 heterocycles. The molecule has 0 atom stereocenters. The number of aromatic nitrogens is 5. The molecule has 0 saturated heterocycles. The first kappa shape index (κ1) is 23.4. The fourth-order valence-electron chi connectivity index (χ4n) is 4.65. The maximum atomic E-state index is 14.0. The van der Waals surface area contributed by atoms with Gasteiger partial charge in [0.15, 0.2) is 5.65 Å². The first-order valence-electron chi connectivity index (χ1n) is 12.2. The third-order valence-electron chi connectivity index (χ3n) is 6.36. The summed E-state index contributed by atoms with van der Waals surface area (Å²) >= 11 is 0. The number of halogens is 1. The third-order valence-corrected chi connectivity index (χ3v) is 6.36. The van der Waals surface area contributed by atoms with E-state index in [4.69, 9.17) is 0 Å². The van der Waals surface area contributed by atoms with Gasteiger partial charge in [0.2, 0.25) is 5.91 Å². The van der Waals surface area contributed by atoms with Crippen LogP contribution in [0.5, 0.6) is 5.75 Å². The zero-order valence-corrected chi connectivity index (χ0v) is 20.4. The van der Waals surface area contributed by atoms with E-state index in [9.17, 15) is 14.3 Å². The van der Waals surface area contributed by atoms with Gasteiger partial charge in [-0.2, -0.15) is 5.10 Å². The minimum Gasteiger partial charge on any atom is -0.508 e. The van der Waals surface area contributed by atoms with Crippen molar-refractivity contribution in [2.24, 2.45) is 0 Å². The number of anilines is 1. The number of aromatic amines is 2. The van der Waals surface area contributed by atoms with E-state index >= 15 is 0 Å². The molecular formula is C29H23FN6O2. The Balaban J connectivity index is 1.41. The van der Waals surface area contributed by atoms with Gasteiger partial charge in [0.1, 0.15) is 17.3 Å². The monoisotopic (exact) mass is 506 g/mol. The van der Waals surface area contributed by atoms with E-state index in [0.717, 1.165) is 51.2 Å². The fourth-order valence-corrected chi connectivity index (χ4v) is 4.65. The molecule has 0 fully saturated rings. The molecule has 188 valence electrons. The van der Waals surface area contributed by atoms with E-state index < -0.39 is 5.82 Å². The Kier molecular flexibility index (Phi) is 5.80. The summed E-state index contributed by atoms with van der Waals surface area (Å²) in [5.41, 5.74) is 6.53. The molecule has 9 heteroatoms.